The van der Waals surface area contributed by atoms with Crippen LogP contribution < -0.4 is 0 Å². The van der Waals surface area contributed by atoms with Crippen molar-refractivity contribution in [2.75, 3.05) is 7.11 Å². The van der Waals surface area contributed by atoms with Crippen molar-refractivity contribution in [2.45, 2.75) is 57.5 Å². The minimum absolute atomic E-state index is 0.293. The Bertz CT molecular complexity index is 929. The number of fused-ring (bicyclic) bond motifs is 4. The number of hydrogen-bond donors (Lipinski definition) is 1. The van der Waals surface area contributed by atoms with Gasteiger partial charge in [0, 0.05) is 0 Å². The molecule has 0 saturated carbocycles. The third-order valence-electron chi connectivity index (χ3n) is 6.99. The Balaban J connectivity index is 1.57. The lowest BCUT2D eigenvalue weighted by Crippen LogP contribution is -2.39. The number of hydrogen-bond acceptors (Lipinski definition) is 3. The maximum atomic E-state index is 13.0. The lowest BCUT2D eigenvalue weighted by molar-refractivity contribution is -0.159. The molecule has 1 N–H and O–H groups in total. The van der Waals surface area contributed by atoms with Crippen LogP contribution in [0.4, 0.5) is 0 Å². The summed E-state index contributed by atoms with van der Waals surface area (Å²) < 4.78 is 5.22. The van der Waals surface area contributed by atoms with E-state index in [2.05, 4.69) is 30.3 Å². The van der Waals surface area contributed by atoms with E-state index in [-0.39, 0.29) is 5.97 Å². The first-order chi connectivity index (χ1) is 13.1. The Hall–Kier alpha value is -2.13. The van der Waals surface area contributed by atoms with E-state index in [4.69, 9.17) is 4.74 Å². The van der Waals surface area contributed by atoms with Crippen molar-refractivity contribution in [3.8, 4) is 0 Å². The standard InChI is InChI=1S/C24H26O3/c1-27-23(26)24(13-15-8-9-16-4-2-6-18(16)12-15)14-19-11-10-17-5-3-7-20(17)21(19)22(24)25/h8-12,22,25H,2-7,13-14H2,1H3/t22-,24-/m1/s1. The van der Waals surface area contributed by atoms with Gasteiger partial charge in [0.1, 0.15) is 5.41 Å². The van der Waals surface area contributed by atoms with E-state index >= 15 is 0 Å². The van der Waals surface area contributed by atoms with Gasteiger partial charge in [0.25, 0.3) is 0 Å². The SMILES string of the molecule is COC(=O)[C@]1(Cc2ccc3c(c2)CCC3)Cc2ccc3c(c2[C@H]1O)CCC3. The summed E-state index contributed by atoms with van der Waals surface area (Å²) in [6.07, 6.45) is 6.98. The smallest absolute Gasteiger partial charge is 0.315 e. The van der Waals surface area contributed by atoms with Crippen LogP contribution in [-0.2, 0) is 48.1 Å². The first kappa shape index (κ1) is 17.0. The van der Waals surface area contributed by atoms with Crippen LogP contribution in [0.1, 0.15) is 57.9 Å². The Morgan fingerprint density at radius 2 is 1.74 bits per heavy atom. The number of carbonyl (C=O) groups is 1. The molecule has 0 aromatic heterocycles. The fraction of sp³-hybridized carbons (Fsp3) is 0.458. The van der Waals surface area contributed by atoms with Crippen molar-refractivity contribution in [1.29, 1.82) is 0 Å². The summed E-state index contributed by atoms with van der Waals surface area (Å²) in [7, 11) is 1.44. The molecule has 5 rings (SSSR count). The summed E-state index contributed by atoms with van der Waals surface area (Å²) in [5.74, 6) is -0.293. The number of benzene rings is 2. The number of carbonyl (C=O) groups excluding carboxylic acids is 1. The van der Waals surface area contributed by atoms with E-state index in [0.717, 1.165) is 48.8 Å². The molecule has 3 heteroatoms. The van der Waals surface area contributed by atoms with E-state index < -0.39 is 11.5 Å². The van der Waals surface area contributed by atoms with Gasteiger partial charge in [-0.25, -0.2) is 0 Å². The normalized spacial score (nSPS) is 25.2. The van der Waals surface area contributed by atoms with Crippen molar-refractivity contribution >= 4 is 5.97 Å². The van der Waals surface area contributed by atoms with Gasteiger partial charge in [0.2, 0.25) is 0 Å². The molecule has 0 aliphatic heterocycles. The predicted molar refractivity (Wildman–Crippen MR) is 104 cm³/mol. The zero-order valence-corrected chi connectivity index (χ0v) is 15.9. The maximum absolute atomic E-state index is 13.0. The fourth-order valence-corrected chi connectivity index (χ4v) is 5.67. The summed E-state index contributed by atoms with van der Waals surface area (Å²) in [6, 6.07) is 10.9. The van der Waals surface area contributed by atoms with Crippen molar-refractivity contribution in [3.63, 3.8) is 0 Å². The van der Waals surface area contributed by atoms with Crippen LogP contribution in [0.5, 0.6) is 0 Å². The maximum Gasteiger partial charge on any atom is 0.315 e. The molecule has 0 radical (unpaired) electrons. The molecule has 0 fully saturated rings. The van der Waals surface area contributed by atoms with Gasteiger partial charge in [0.15, 0.2) is 0 Å². The fourth-order valence-electron chi connectivity index (χ4n) is 5.67. The lowest BCUT2D eigenvalue weighted by atomic mass is 9.76. The molecule has 3 aliphatic rings. The highest BCUT2D eigenvalue weighted by molar-refractivity contribution is 5.81. The van der Waals surface area contributed by atoms with Gasteiger partial charge >= 0.3 is 5.97 Å². The highest BCUT2D eigenvalue weighted by Gasteiger charge is 2.53. The van der Waals surface area contributed by atoms with E-state index in [0.29, 0.717) is 12.8 Å². The van der Waals surface area contributed by atoms with Gasteiger partial charge in [-0.15, -0.1) is 0 Å². The molecule has 2 aromatic carbocycles. The van der Waals surface area contributed by atoms with Gasteiger partial charge in [0.05, 0.1) is 13.2 Å². The summed E-state index contributed by atoms with van der Waals surface area (Å²) in [5.41, 5.74) is 7.79. The Kier molecular flexibility index (Phi) is 3.90. The van der Waals surface area contributed by atoms with E-state index in [1.807, 2.05) is 0 Å². The van der Waals surface area contributed by atoms with Crippen LogP contribution in [0.25, 0.3) is 0 Å². The Morgan fingerprint density at radius 3 is 2.59 bits per heavy atom. The van der Waals surface area contributed by atoms with Crippen LogP contribution in [0, 0.1) is 5.41 Å². The number of aliphatic hydroxyl groups is 1. The zero-order chi connectivity index (χ0) is 18.6. The number of esters is 1. The zero-order valence-electron chi connectivity index (χ0n) is 15.9. The van der Waals surface area contributed by atoms with Crippen molar-refractivity contribution < 1.29 is 14.6 Å². The molecule has 2 aromatic rings. The van der Waals surface area contributed by atoms with E-state index in [1.165, 1.54) is 35.8 Å². The average Bonchev–Trinajstić information content (AvgIpc) is 3.39. The summed E-state index contributed by atoms with van der Waals surface area (Å²) in [4.78, 5) is 13.0. The van der Waals surface area contributed by atoms with Crippen LogP contribution in [0.2, 0.25) is 0 Å². The molecule has 0 saturated heterocycles. The van der Waals surface area contributed by atoms with Crippen LogP contribution >= 0.6 is 0 Å². The Labute approximate surface area is 160 Å². The molecular formula is C24H26O3. The van der Waals surface area contributed by atoms with Gasteiger partial charge in [-0.1, -0.05) is 30.3 Å². The molecule has 0 spiro atoms. The number of ether oxygens (including phenoxy) is 1. The van der Waals surface area contributed by atoms with Gasteiger partial charge < -0.3 is 9.84 Å². The number of aryl methyl sites for hydroxylation is 3. The monoisotopic (exact) mass is 362 g/mol. The molecule has 3 nitrogen and oxygen atoms in total. The number of aliphatic hydroxyl groups excluding tert-OH is 1. The molecule has 2 atom stereocenters. The van der Waals surface area contributed by atoms with Gasteiger partial charge in [-0.3, -0.25) is 4.79 Å². The highest BCUT2D eigenvalue weighted by Crippen LogP contribution is 2.51. The molecular weight excluding hydrogens is 336 g/mol. The van der Waals surface area contributed by atoms with Crippen molar-refractivity contribution in [3.05, 3.63) is 69.3 Å². The van der Waals surface area contributed by atoms with Gasteiger partial charge in [-0.2, -0.15) is 0 Å². The topological polar surface area (TPSA) is 46.5 Å². The molecule has 3 aliphatic carbocycles. The largest absolute Gasteiger partial charge is 0.468 e. The second-order valence-corrected chi connectivity index (χ2v) is 8.49. The first-order valence-electron chi connectivity index (χ1n) is 10.1. The summed E-state index contributed by atoms with van der Waals surface area (Å²) in [5, 5.41) is 11.4. The molecule has 0 bridgehead atoms. The third-order valence-corrected chi connectivity index (χ3v) is 6.99. The summed E-state index contributed by atoms with van der Waals surface area (Å²) in [6.45, 7) is 0. The molecule has 140 valence electrons. The lowest BCUT2D eigenvalue weighted by Gasteiger charge is -2.30. The molecule has 0 heterocycles. The van der Waals surface area contributed by atoms with Crippen molar-refractivity contribution in [1.82, 2.24) is 0 Å². The second kappa shape index (κ2) is 6.20. The first-order valence-corrected chi connectivity index (χ1v) is 10.1. The third kappa shape index (κ3) is 2.48. The van der Waals surface area contributed by atoms with Crippen LogP contribution in [0.3, 0.4) is 0 Å². The second-order valence-electron chi connectivity index (χ2n) is 8.49. The summed E-state index contributed by atoms with van der Waals surface area (Å²) >= 11 is 0. The predicted octanol–water partition coefficient (Wildman–Crippen LogP) is 3.66. The highest BCUT2D eigenvalue weighted by atomic mass is 16.5. The van der Waals surface area contributed by atoms with E-state index in [9.17, 15) is 9.90 Å². The van der Waals surface area contributed by atoms with Gasteiger partial charge in [-0.05, 0) is 90.3 Å². The minimum Gasteiger partial charge on any atom is -0.468 e. The quantitative estimate of drug-likeness (QED) is 0.848. The number of rotatable bonds is 3. The van der Waals surface area contributed by atoms with Crippen LogP contribution in [-0.4, -0.2) is 18.2 Å². The van der Waals surface area contributed by atoms with E-state index in [1.54, 1.807) is 0 Å². The van der Waals surface area contributed by atoms with Crippen LogP contribution in [0.15, 0.2) is 30.3 Å². The average molecular weight is 362 g/mol. The number of methoxy groups -OCH3 is 1. The Morgan fingerprint density at radius 1 is 1.04 bits per heavy atom. The molecule has 0 unspecified atom stereocenters. The molecule has 0 amide bonds. The minimum atomic E-state index is -0.915. The molecule has 27 heavy (non-hydrogen) atoms. The van der Waals surface area contributed by atoms with Crippen molar-refractivity contribution in [2.24, 2.45) is 5.41 Å².